The number of hydrogen-bond donors (Lipinski definition) is 0. The summed E-state index contributed by atoms with van der Waals surface area (Å²) in [5, 5.41) is 0. The van der Waals surface area contributed by atoms with Crippen LogP contribution < -0.4 is 0 Å². The average molecular weight is 1080 g/mol. The molecule has 0 aromatic rings. The molecule has 0 bridgehead atoms. The lowest BCUT2D eigenvalue weighted by Crippen LogP contribution is -2.30. The van der Waals surface area contributed by atoms with Crippen molar-refractivity contribution in [1.82, 2.24) is 0 Å². The van der Waals surface area contributed by atoms with Crippen molar-refractivity contribution >= 4 is 17.9 Å². The molecule has 0 radical (unpaired) electrons. The van der Waals surface area contributed by atoms with Crippen LogP contribution in [0.25, 0.3) is 0 Å². The third kappa shape index (κ3) is 62.4. The van der Waals surface area contributed by atoms with Crippen molar-refractivity contribution in [3.05, 3.63) is 134 Å². The first-order valence-electron chi connectivity index (χ1n) is 32.2. The molecule has 0 aliphatic heterocycles. The molecule has 0 rings (SSSR count). The van der Waals surface area contributed by atoms with E-state index in [9.17, 15) is 14.4 Å². The first-order valence-corrected chi connectivity index (χ1v) is 32.2. The summed E-state index contributed by atoms with van der Waals surface area (Å²) in [6.45, 7) is 6.36. The maximum atomic E-state index is 12.9. The third-order valence-electron chi connectivity index (χ3n) is 13.4. The Hall–Kier alpha value is -4.45. The zero-order valence-electron chi connectivity index (χ0n) is 50.6. The van der Waals surface area contributed by atoms with Gasteiger partial charge < -0.3 is 14.2 Å². The summed E-state index contributed by atoms with van der Waals surface area (Å²) in [6, 6.07) is 0. The Labute approximate surface area is 481 Å². The molecule has 0 aliphatic carbocycles. The van der Waals surface area contributed by atoms with Gasteiger partial charge in [0.05, 0.1) is 0 Å². The molecule has 442 valence electrons. The number of rotatable bonds is 57. The van der Waals surface area contributed by atoms with E-state index in [1.807, 2.05) is 0 Å². The molecular formula is C72H118O6. The molecule has 6 nitrogen and oxygen atoms in total. The summed E-state index contributed by atoms with van der Waals surface area (Å²) >= 11 is 0. The maximum absolute atomic E-state index is 12.9. The van der Waals surface area contributed by atoms with Gasteiger partial charge in [0.1, 0.15) is 13.2 Å². The predicted octanol–water partition coefficient (Wildman–Crippen LogP) is 22.2. The lowest BCUT2D eigenvalue weighted by Gasteiger charge is -2.18. The van der Waals surface area contributed by atoms with Crippen LogP contribution >= 0.6 is 0 Å². The highest BCUT2D eigenvalue weighted by molar-refractivity contribution is 5.71. The Morgan fingerprint density at radius 1 is 0.269 bits per heavy atom. The van der Waals surface area contributed by atoms with Crippen molar-refractivity contribution in [1.29, 1.82) is 0 Å². The standard InChI is InChI=1S/C72H118O6/c1-4-7-10-13-16-19-21-23-25-27-29-31-33-35-36-38-39-41-43-45-47-49-51-53-56-59-62-65-71(74)77-68-69(67-76-70(73)64-61-58-55-18-15-12-9-6-3)78-72(75)66-63-60-57-54-52-50-48-46-44-42-40-37-34-32-30-28-26-24-22-20-17-14-11-8-5-2/h7-8,10-11,16-17,19-20,23-26,29-32,37,40,44,46,50,52,69H,4-6,9,12-15,18,21-22,27-28,33-36,38-39,41-43,45,47-49,51,53-68H2,1-3H3/b10-7-,11-8-,19-16-,20-17-,25-23-,26-24-,31-29-,32-30-,40-37-,46-44-,52-50-. The number of carbonyl (C=O) groups excluding carboxylic acids is 3. The molecule has 0 spiro atoms. The monoisotopic (exact) mass is 1080 g/mol. The van der Waals surface area contributed by atoms with Crippen LogP contribution in [0, 0.1) is 0 Å². The van der Waals surface area contributed by atoms with Gasteiger partial charge in [0.15, 0.2) is 6.10 Å². The molecule has 1 unspecified atom stereocenters. The highest BCUT2D eigenvalue weighted by Crippen LogP contribution is 2.16. The van der Waals surface area contributed by atoms with E-state index in [1.165, 1.54) is 109 Å². The lowest BCUT2D eigenvalue weighted by molar-refractivity contribution is -0.167. The van der Waals surface area contributed by atoms with Gasteiger partial charge in [-0.2, -0.15) is 0 Å². The molecule has 1 atom stereocenters. The first kappa shape index (κ1) is 73.5. The number of carbonyl (C=O) groups is 3. The number of esters is 3. The minimum atomic E-state index is -0.798. The van der Waals surface area contributed by atoms with Crippen LogP contribution in [0.1, 0.15) is 284 Å². The minimum Gasteiger partial charge on any atom is -0.462 e. The van der Waals surface area contributed by atoms with E-state index in [0.29, 0.717) is 12.8 Å². The van der Waals surface area contributed by atoms with E-state index in [0.717, 1.165) is 135 Å². The fraction of sp³-hybridized carbons (Fsp3) is 0.653. The van der Waals surface area contributed by atoms with Crippen molar-refractivity contribution in [2.45, 2.75) is 290 Å². The molecule has 0 saturated carbocycles. The Bertz CT molecular complexity index is 1670. The Morgan fingerprint density at radius 2 is 0.500 bits per heavy atom. The van der Waals surface area contributed by atoms with E-state index in [-0.39, 0.29) is 37.5 Å². The summed E-state index contributed by atoms with van der Waals surface area (Å²) in [5.74, 6) is -0.929. The summed E-state index contributed by atoms with van der Waals surface area (Å²) in [7, 11) is 0. The van der Waals surface area contributed by atoms with Gasteiger partial charge >= 0.3 is 17.9 Å². The second kappa shape index (κ2) is 65.1. The van der Waals surface area contributed by atoms with Crippen molar-refractivity contribution in [3.8, 4) is 0 Å². The number of unbranched alkanes of at least 4 members (excludes halogenated alkanes) is 24. The normalized spacial score (nSPS) is 13.0. The van der Waals surface area contributed by atoms with E-state index < -0.39 is 6.10 Å². The Morgan fingerprint density at radius 3 is 0.795 bits per heavy atom. The number of ether oxygens (including phenoxy) is 3. The van der Waals surface area contributed by atoms with E-state index >= 15 is 0 Å². The van der Waals surface area contributed by atoms with Crippen LogP contribution in [0.3, 0.4) is 0 Å². The molecule has 0 N–H and O–H groups in total. The second-order valence-corrected chi connectivity index (χ2v) is 20.9. The van der Waals surface area contributed by atoms with Crippen LogP contribution in [0.2, 0.25) is 0 Å². The maximum Gasteiger partial charge on any atom is 0.306 e. The molecule has 0 aromatic heterocycles. The number of hydrogen-bond acceptors (Lipinski definition) is 6. The van der Waals surface area contributed by atoms with E-state index in [4.69, 9.17) is 14.2 Å². The summed E-state index contributed by atoms with van der Waals surface area (Å²) < 4.78 is 16.8. The summed E-state index contributed by atoms with van der Waals surface area (Å²) in [4.78, 5) is 38.2. The highest BCUT2D eigenvalue weighted by Gasteiger charge is 2.19. The van der Waals surface area contributed by atoms with Gasteiger partial charge in [0.2, 0.25) is 0 Å². The molecule has 0 fully saturated rings. The second-order valence-electron chi connectivity index (χ2n) is 20.9. The molecule has 78 heavy (non-hydrogen) atoms. The van der Waals surface area contributed by atoms with Gasteiger partial charge in [-0.25, -0.2) is 0 Å². The Balaban J connectivity index is 4.25. The summed E-state index contributed by atoms with van der Waals surface area (Å²) in [5.41, 5.74) is 0. The van der Waals surface area contributed by atoms with Gasteiger partial charge in [-0.15, -0.1) is 0 Å². The molecule has 6 heteroatoms. The first-order chi connectivity index (χ1) is 38.5. The van der Waals surface area contributed by atoms with Gasteiger partial charge in [-0.1, -0.05) is 283 Å². The van der Waals surface area contributed by atoms with E-state index in [2.05, 4.69) is 154 Å². The van der Waals surface area contributed by atoms with Crippen LogP contribution in [-0.4, -0.2) is 37.2 Å². The minimum absolute atomic E-state index is 0.0931. The lowest BCUT2D eigenvalue weighted by atomic mass is 10.0. The Kier molecular flexibility index (Phi) is 61.4. The predicted molar refractivity (Wildman–Crippen MR) is 339 cm³/mol. The average Bonchev–Trinajstić information content (AvgIpc) is 3.44. The highest BCUT2D eigenvalue weighted by atomic mass is 16.6. The largest absolute Gasteiger partial charge is 0.462 e. The van der Waals surface area contributed by atoms with Crippen LogP contribution in [0.15, 0.2) is 134 Å². The van der Waals surface area contributed by atoms with Crippen LogP contribution in [-0.2, 0) is 28.6 Å². The fourth-order valence-electron chi connectivity index (χ4n) is 8.65. The molecule has 0 saturated heterocycles. The van der Waals surface area contributed by atoms with Crippen LogP contribution in [0.4, 0.5) is 0 Å². The number of allylic oxidation sites excluding steroid dienone is 22. The zero-order chi connectivity index (χ0) is 56.4. The summed E-state index contributed by atoms with van der Waals surface area (Å²) in [6.07, 6.45) is 91.9. The molecule has 0 amide bonds. The van der Waals surface area contributed by atoms with Crippen molar-refractivity contribution in [3.63, 3.8) is 0 Å². The van der Waals surface area contributed by atoms with Gasteiger partial charge in [0.25, 0.3) is 0 Å². The molecule has 0 aromatic carbocycles. The quantitative estimate of drug-likeness (QED) is 0.0261. The molecular weight excluding hydrogens is 961 g/mol. The third-order valence-corrected chi connectivity index (χ3v) is 13.4. The van der Waals surface area contributed by atoms with Gasteiger partial charge in [-0.05, 0) is 116 Å². The van der Waals surface area contributed by atoms with E-state index in [1.54, 1.807) is 0 Å². The topological polar surface area (TPSA) is 78.9 Å². The van der Waals surface area contributed by atoms with Gasteiger partial charge in [-0.3, -0.25) is 14.4 Å². The SMILES string of the molecule is CC/C=C\C/C=C\C/C=C\C/C=C\C/C=C\C/C=C\C/C=C\CCCCCC(=O)OC(COC(=O)CCCCCCCCCC)COC(=O)CCCCCCCCCCCCCCCC/C=C\C/C=C\C/C=C\C/C=C\CC. The molecule has 0 heterocycles. The van der Waals surface area contributed by atoms with Crippen LogP contribution in [0.5, 0.6) is 0 Å². The molecule has 0 aliphatic rings. The zero-order valence-corrected chi connectivity index (χ0v) is 50.6. The van der Waals surface area contributed by atoms with Crippen molar-refractivity contribution < 1.29 is 28.6 Å². The van der Waals surface area contributed by atoms with Gasteiger partial charge in [0, 0.05) is 19.3 Å². The smallest absolute Gasteiger partial charge is 0.306 e. The fourth-order valence-corrected chi connectivity index (χ4v) is 8.65. The van der Waals surface area contributed by atoms with Crippen molar-refractivity contribution in [2.24, 2.45) is 0 Å². The van der Waals surface area contributed by atoms with Crippen molar-refractivity contribution in [2.75, 3.05) is 13.2 Å².